The number of alkyl halides is 3. The number of benzene rings is 3. The zero-order chi connectivity index (χ0) is 24.1. The Labute approximate surface area is 199 Å². The van der Waals surface area contributed by atoms with Gasteiger partial charge in [-0.1, -0.05) is 47.5 Å². The first kappa shape index (κ1) is 23.7. The molecular formula is C24H18Cl2F3NO2S. The van der Waals surface area contributed by atoms with E-state index in [2.05, 4.69) is 0 Å². The zero-order valence-corrected chi connectivity index (χ0v) is 19.9. The summed E-state index contributed by atoms with van der Waals surface area (Å²) in [5.74, 6) is 0. The van der Waals surface area contributed by atoms with E-state index >= 15 is 0 Å². The minimum absolute atomic E-state index is 0.00225. The first-order valence-corrected chi connectivity index (χ1v) is 12.1. The Morgan fingerprint density at radius 3 is 2.21 bits per heavy atom. The van der Waals surface area contributed by atoms with E-state index in [0.717, 1.165) is 15.6 Å². The Hall–Kier alpha value is -2.48. The molecule has 0 radical (unpaired) electrons. The van der Waals surface area contributed by atoms with Crippen molar-refractivity contribution in [3.8, 4) is 0 Å². The molecule has 0 aliphatic carbocycles. The highest BCUT2D eigenvalue weighted by atomic mass is 35.5. The Kier molecular flexibility index (Phi) is 6.01. The molecule has 0 aliphatic rings. The zero-order valence-electron chi connectivity index (χ0n) is 17.5. The number of rotatable bonds is 4. The predicted molar refractivity (Wildman–Crippen MR) is 125 cm³/mol. The van der Waals surface area contributed by atoms with Crippen molar-refractivity contribution in [3.63, 3.8) is 0 Å². The van der Waals surface area contributed by atoms with Gasteiger partial charge in [0.1, 0.15) is 0 Å². The molecule has 0 unspecified atom stereocenters. The quantitative estimate of drug-likeness (QED) is 0.286. The third-order valence-electron chi connectivity index (χ3n) is 5.50. The van der Waals surface area contributed by atoms with E-state index in [9.17, 15) is 21.6 Å². The van der Waals surface area contributed by atoms with Gasteiger partial charge in [0.2, 0.25) is 0 Å². The topological polar surface area (TPSA) is 39.1 Å². The van der Waals surface area contributed by atoms with Crippen LogP contribution in [0.1, 0.15) is 27.9 Å². The van der Waals surface area contributed by atoms with Crippen molar-refractivity contribution in [1.82, 2.24) is 3.97 Å². The van der Waals surface area contributed by atoms with Crippen LogP contribution in [0.3, 0.4) is 0 Å². The normalized spacial score (nSPS) is 12.5. The molecule has 3 aromatic carbocycles. The van der Waals surface area contributed by atoms with Gasteiger partial charge >= 0.3 is 6.18 Å². The standard InChI is InChI=1S/C24H18Cl2F3NO2S/c1-14-8-9-21(25)19(23(14)26)12-17-11-16-10-15(2)20(24(27,28)29)13-22(16)30(17)33(31,32)18-6-4-3-5-7-18/h3-11,13H,12H2,1-2H3. The van der Waals surface area contributed by atoms with Gasteiger partial charge in [0.25, 0.3) is 10.0 Å². The molecule has 1 heterocycles. The second kappa shape index (κ2) is 8.38. The third-order valence-corrected chi connectivity index (χ3v) is 8.16. The molecule has 0 saturated heterocycles. The minimum Gasteiger partial charge on any atom is -0.238 e. The maximum absolute atomic E-state index is 13.6. The van der Waals surface area contributed by atoms with Crippen molar-refractivity contribution in [1.29, 1.82) is 0 Å². The molecule has 0 spiro atoms. The fraction of sp³-hybridized carbons (Fsp3) is 0.167. The highest BCUT2D eigenvalue weighted by Crippen LogP contribution is 2.38. The molecule has 0 atom stereocenters. The number of hydrogen-bond donors (Lipinski definition) is 0. The average Bonchev–Trinajstić information content (AvgIpc) is 3.10. The molecule has 0 fully saturated rings. The Morgan fingerprint density at radius 2 is 1.58 bits per heavy atom. The summed E-state index contributed by atoms with van der Waals surface area (Å²) in [6, 6.07) is 14.8. The van der Waals surface area contributed by atoms with Crippen LogP contribution < -0.4 is 0 Å². The fourth-order valence-corrected chi connectivity index (χ4v) is 5.93. The first-order chi connectivity index (χ1) is 15.4. The van der Waals surface area contributed by atoms with Crippen molar-refractivity contribution < 1.29 is 21.6 Å². The molecule has 0 aliphatic heterocycles. The maximum atomic E-state index is 13.6. The number of aromatic nitrogens is 1. The lowest BCUT2D eigenvalue weighted by atomic mass is 10.0. The molecule has 0 amide bonds. The molecular weight excluding hydrogens is 494 g/mol. The first-order valence-electron chi connectivity index (χ1n) is 9.87. The molecule has 0 N–H and O–H groups in total. The van der Waals surface area contributed by atoms with Gasteiger partial charge in [-0.2, -0.15) is 13.2 Å². The lowest BCUT2D eigenvalue weighted by molar-refractivity contribution is -0.137. The monoisotopic (exact) mass is 511 g/mol. The number of nitrogens with zero attached hydrogens (tertiary/aromatic N) is 1. The summed E-state index contributed by atoms with van der Waals surface area (Å²) in [6.45, 7) is 3.14. The molecule has 1 aromatic heterocycles. The second-order valence-electron chi connectivity index (χ2n) is 7.78. The minimum atomic E-state index is -4.63. The van der Waals surface area contributed by atoms with Gasteiger partial charge in [0, 0.05) is 27.5 Å². The number of fused-ring (bicyclic) bond motifs is 1. The lowest BCUT2D eigenvalue weighted by Crippen LogP contribution is -2.17. The highest BCUT2D eigenvalue weighted by molar-refractivity contribution is 7.90. The van der Waals surface area contributed by atoms with Crippen molar-refractivity contribution in [2.75, 3.05) is 0 Å². The summed E-state index contributed by atoms with van der Waals surface area (Å²) >= 11 is 12.8. The van der Waals surface area contributed by atoms with Gasteiger partial charge in [-0.25, -0.2) is 12.4 Å². The summed E-state index contributed by atoms with van der Waals surface area (Å²) in [7, 11) is -4.22. The van der Waals surface area contributed by atoms with Gasteiger partial charge in [0.15, 0.2) is 0 Å². The van der Waals surface area contributed by atoms with E-state index < -0.39 is 21.8 Å². The van der Waals surface area contributed by atoms with Crippen LogP contribution in [0.5, 0.6) is 0 Å². The van der Waals surface area contributed by atoms with Crippen LogP contribution in [-0.4, -0.2) is 12.4 Å². The van der Waals surface area contributed by atoms with Crippen LogP contribution in [0, 0.1) is 13.8 Å². The van der Waals surface area contributed by atoms with Gasteiger partial charge in [-0.15, -0.1) is 0 Å². The maximum Gasteiger partial charge on any atom is 0.416 e. The van der Waals surface area contributed by atoms with E-state index in [1.54, 1.807) is 43.3 Å². The van der Waals surface area contributed by atoms with E-state index in [-0.39, 0.29) is 28.1 Å². The van der Waals surface area contributed by atoms with Gasteiger partial charge in [-0.3, -0.25) is 0 Å². The SMILES string of the molecule is Cc1cc2cc(Cc3c(Cl)ccc(C)c3Cl)n(S(=O)(=O)c3ccccc3)c2cc1C(F)(F)F. The van der Waals surface area contributed by atoms with Gasteiger partial charge in [-0.05, 0) is 66.9 Å². The summed E-state index contributed by atoms with van der Waals surface area (Å²) in [6.07, 6.45) is -4.62. The second-order valence-corrected chi connectivity index (χ2v) is 10.3. The van der Waals surface area contributed by atoms with Crippen molar-refractivity contribution in [3.05, 3.63) is 98.7 Å². The fourth-order valence-electron chi connectivity index (χ4n) is 3.87. The Morgan fingerprint density at radius 1 is 0.909 bits per heavy atom. The molecule has 0 bridgehead atoms. The average molecular weight is 512 g/mol. The van der Waals surface area contributed by atoms with Crippen LogP contribution in [0.4, 0.5) is 13.2 Å². The Bertz CT molecular complexity index is 1480. The summed E-state index contributed by atoms with van der Waals surface area (Å²) in [4.78, 5) is -0.0423. The van der Waals surface area contributed by atoms with E-state index in [4.69, 9.17) is 23.2 Å². The largest absolute Gasteiger partial charge is 0.416 e. The number of hydrogen-bond acceptors (Lipinski definition) is 2. The predicted octanol–water partition coefficient (Wildman–Crippen LogP) is 7.41. The molecule has 4 rings (SSSR count). The van der Waals surface area contributed by atoms with Crippen molar-refractivity contribution >= 4 is 44.1 Å². The third kappa shape index (κ3) is 4.25. The molecule has 33 heavy (non-hydrogen) atoms. The Balaban J connectivity index is 2.05. The van der Waals surface area contributed by atoms with Gasteiger partial charge in [0.05, 0.1) is 16.0 Å². The molecule has 4 aromatic rings. The number of halogens is 5. The van der Waals surface area contributed by atoms with E-state index in [1.807, 2.05) is 0 Å². The van der Waals surface area contributed by atoms with Crippen LogP contribution in [0.25, 0.3) is 10.9 Å². The van der Waals surface area contributed by atoms with Crippen molar-refractivity contribution in [2.45, 2.75) is 31.3 Å². The smallest absolute Gasteiger partial charge is 0.238 e. The van der Waals surface area contributed by atoms with Gasteiger partial charge < -0.3 is 0 Å². The summed E-state index contributed by atoms with van der Waals surface area (Å²) in [5, 5.41) is 1.09. The van der Waals surface area contributed by atoms with Crippen molar-refractivity contribution in [2.24, 2.45) is 0 Å². The summed E-state index contributed by atoms with van der Waals surface area (Å²) < 4.78 is 69.1. The van der Waals surface area contributed by atoms with E-state index in [1.165, 1.54) is 25.1 Å². The highest BCUT2D eigenvalue weighted by Gasteiger charge is 2.34. The number of aryl methyl sites for hydroxylation is 2. The molecule has 0 saturated carbocycles. The summed E-state index contributed by atoms with van der Waals surface area (Å²) in [5.41, 5.74) is 0.546. The van der Waals surface area contributed by atoms with Crippen LogP contribution in [0.15, 0.2) is 65.6 Å². The van der Waals surface area contributed by atoms with Crippen LogP contribution in [0.2, 0.25) is 10.0 Å². The molecule has 9 heteroatoms. The lowest BCUT2D eigenvalue weighted by Gasteiger charge is -2.15. The van der Waals surface area contributed by atoms with Crippen LogP contribution >= 0.6 is 23.2 Å². The molecule has 3 nitrogen and oxygen atoms in total. The van der Waals surface area contributed by atoms with Crippen LogP contribution in [-0.2, 0) is 22.6 Å². The molecule has 172 valence electrons. The van der Waals surface area contributed by atoms with E-state index in [0.29, 0.717) is 21.0 Å².